The summed E-state index contributed by atoms with van der Waals surface area (Å²) >= 11 is 3.83. The molecule has 0 fully saturated rings. The maximum atomic E-state index is 12.4. The average Bonchev–Trinajstić information content (AvgIpc) is 2.46. The summed E-state index contributed by atoms with van der Waals surface area (Å²) in [7, 11) is 0. The second-order valence-electron chi connectivity index (χ2n) is 4.52. The molecule has 2 rings (SSSR count). The minimum Gasteiger partial charge on any atom is -0.487 e. The van der Waals surface area contributed by atoms with Gasteiger partial charge in [0.1, 0.15) is 18.1 Å². The van der Waals surface area contributed by atoms with Gasteiger partial charge in [0.25, 0.3) is 0 Å². The van der Waals surface area contributed by atoms with Gasteiger partial charge in [-0.05, 0) is 63.4 Å². The van der Waals surface area contributed by atoms with Gasteiger partial charge in [-0.15, -0.1) is 13.2 Å². The largest absolute Gasteiger partial charge is 0.573 e. The van der Waals surface area contributed by atoms with Gasteiger partial charge in [0.2, 0.25) is 0 Å². The summed E-state index contributed by atoms with van der Waals surface area (Å²) in [5.41, 5.74) is 0.334. The first-order valence-electron chi connectivity index (χ1n) is 6.36. The van der Waals surface area contributed by atoms with Gasteiger partial charge < -0.3 is 14.6 Å². The van der Waals surface area contributed by atoms with E-state index in [0.29, 0.717) is 12.9 Å². The molecule has 0 bridgehead atoms. The number of carboxylic acids is 1. The number of halogens is 5. The lowest BCUT2D eigenvalue weighted by atomic mass is 10.2. The van der Waals surface area contributed by atoms with Gasteiger partial charge in [0.15, 0.2) is 0 Å². The van der Waals surface area contributed by atoms with Crippen LogP contribution < -0.4 is 9.47 Å². The molecule has 9 heteroatoms. The fraction of sp³-hybridized carbons (Fsp3) is 0.133. The molecule has 1 N–H and O–H groups in total. The number of benzene rings is 2. The lowest BCUT2D eigenvalue weighted by Gasteiger charge is -2.15. The second-order valence-corrected chi connectivity index (χ2v) is 6.84. The Balaban J connectivity index is 2.22. The smallest absolute Gasteiger partial charge is 0.487 e. The van der Waals surface area contributed by atoms with Crippen molar-refractivity contribution in [2.75, 3.05) is 0 Å². The molecule has 4 nitrogen and oxygen atoms in total. The van der Waals surface area contributed by atoms with Crippen LogP contribution in [0.5, 0.6) is 11.5 Å². The van der Waals surface area contributed by atoms with E-state index in [-0.39, 0.29) is 23.5 Å². The van der Waals surface area contributed by atoms with Crippen molar-refractivity contribution in [3.63, 3.8) is 0 Å². The van der Waals surface area contributed by atoms with Gasteiger partial charge in [-0.2, -0.15) is 0 Å². The van der Waals surface area contributed by atoms with Crippen molar-refractivity contribution in [3.8, 4) is 11.5 Å². The Morgan fingerprint density at radius 3 is 2.25 bits per heavy atom. The zero-order chi connectivity index (χ0) is 17.9. The SMILES string of the molecule is O=C(O)c1cc(I)c(OCc2ccccc2OC(F)(F)F)c(I)c1. The van der Waals surface area contributed by atoms with Crippen LogP contribution in [0.1, 0.15) is 15.9 Å². The molecule has 0 saturated carbocycles. The molecule has 24 heavy (non-hydrogen) atoms. The number of aromatic carboxylic acids is 1. The zero-order valence-corrected chi connectivity index (χ0v) is 16.0. The van der Waals surface area contributed by atoms with Gasteiger partial charge >= 0.3 is 12.3 Å². The molecule has 0 unspecified atom stereocenters. The first-order chi connectivity index (χ1) is 11.2. The minimum absolute atomic E-state index is 0.108. The molecule has 2 aromatic rings. The molecule has 0 saturated heterocycles. The van der Waals surface area contributed by atoms with E-state index in [4.69, 9.17) is 9.84 Å². The molecule has 0 spiro atoms. The summed E-state index contributed by atoms with van der Waals surface area (Å²) in [5.74, 6) is -0.999. The van der Waals surface area contributed by atoms with Crippen LogP contribution in [-0.2, 0) is 6.61 Å². The van der Waals surface area contributed by atoms with Gasteiger partial charge in [-0.1, -0.05) is 18.2 Å². The molecule has 2 aromatic carbocycles. The molecule has 0 aliphatic rings. The topological polar surface area (TPSA) is 55.8 Å². The van der Waals surface area contributed by atoms with E-state index >= 15 is 0 Å². The van der Waals surface area contributed by atoms with E-state index in [2.05, 4.69) is 4.74 Å². The third-order valence-electron chi connectivity index (χ3n) is 2.82. The Morgan fingerprint density at radius 2 is 1.71 bits per heavy atom. The third-order valence-corrected chi connectivity index (χ3v) is 4.42. The van der Waals surface area contributed by atoms with Crippen LogP contribution in [0.15, 0.2) is 36.4 Å². The van der Waals surface area contributed by atoms with E-state index in [1.54, 1.807) is 6.07 Å². The summed E-state index contributed by atoms with van der Waals surface area (Å²) in [5, 5.41) is 9.01. The highest BCUT2D eigenvalue weighted by molar-refractivity contribution is 14.1. The Labute approximate surface area is 162 Å². The molecule has 0 radical (unpaired) electrons. The highest BCUT2D eigenvalue weighted by Crippen LogP contribution is 2.32. The maximum Gasteiger partial charge on any atom is 0.573 e. The summed E-state index contributed by atoms with van der Waals surface area (Å²) in [6.07, 6.45) is -4.79. The van der Waals surface area contributed by atoms with Crippen LogP contribution in [0.3, 0.4) is 0 Å². The number of rotatable bonds is 5. The number of ether oxygens (including phenoxy) is 2. The number of para-hydroxylation sites is 1. The Bertz CT molecular complexity index is 740. The molecule has 0 heterocycles. The van der Waals surface area contributed by atoms with E-state index in [1.807, 2.05) is 45.2 Å². The van der Waals surface area contributed by atoms with E-state index < -0.39 is 12.3 Å². The average molecular weight is 564 g/mol. The van der Waals surface area contributed by atoms with Crippen molar-refractivity contribution in [2.45, 2.75) is 13.0 Å². The Morgan fingerprint density at radius 1 is 1.12 bits per heavy atom. The first kappa shape index (κ1) is 19.1. The fourth-order valence-corrected chi connectivity index (χ4v) is 3.90. The van der Waals surface area contributed by atoms with Crippen molar-refractivity contribution in [1.29, 1.82) is 0 Å². The predicted molar refractivity (Wildman–Crippen MR) is 96.3 cm³/mol. The summed E-state index contributed by atoms with van der Waals surface area (Å²) < 4.78 is 47.9. The van der Waals surface area contributed by atoms with Crippen molar-refractivity contribution >= 4 is 51.2 Å². The molecular formula is C15H9F3I2O4. The van der Waals surface area contributed by atoms with Crippen molar-refractivity contribution in [3.05, 3.63) is 54.7 Å². The maximum absolute atomic E-state index is 12.4. The molecule has 0 aliphatic heterocycles. The number of carboxylic acid groups (broad SMARTS) is 1. The van der Waals surface area contributed by atoms with E-state index in [1.165, 1.54) is 30.3 Å². The molecule has 0 amide bonds. The van der Waals surface area contributed by atoms with Crippen LogP contribution >= 0.6 is 45.2 Å². The van der Waals surface area contributed by atoms with Gasteiger partial charge in [0, 0.05) is 5.56 Å². The first-order valence-corrected chi connectivity index (χ1v) is 8.52. The summed E-state index contributed by atoms with van der Waals surface area (Å²) in [6.45, 7) is -0.148. The van der Waals surface area contributed by atoms with Crippen molar-refractivity contribution < 1.29 is 32.5 Å². The van der Waals surface area contributed by atoms with E-state index in [0.717, 1.165) is 0 Å². The monoisotopic (exact) mass is 564 g/mol. The summed E-state index contributed by atoms with van der Waals surface area (Å²) in [4.78, 5) is 11.0. The number of hydrogen-bond donors (Lipinski definition) is 1. The lowest BCUT2D eigenvalue weighted by Crippen LogP contribution is -2.18. The molecular weight excluding hydrogens is 555 g/mol. The molecule has 0 aromatic heterocycles. The van der Waals surface area contributed by atoms with Crippen LogP contribution in [0.25, 0.3) is 0 Å². The molecule has 128 valence electrons. The van der Waals surface area contributed by atoms with Gasteiger partial charge in [-0.25, -0.2) is 4.79 Å². The highest BCUT2D eigenvalue weighted by Gasteiger charge is 2.32. The van der Waals surface area contributed by atoms with Crippen molar-refractivity contribution in [2.24, 2.45) is 0 Å². The third kappa shape index (κ3) is 5.13. The van der Waals surface area contributed by atoms with Crippen LogP contribution in [0.2, 0.25) is 0 Å². The van der Waals surface area contributed by atoms with Crippen LogP contribution in [-0.4, -0.2) is 17.4 Å². The van der Waals surface area contributed by atoms with E-state index in [9.17, 15) is 18.0 Å². The zero-order valence-electron chi connectivity index (χ0n) is 11.7. The minimum atomic E-state index is -4.79. The quantitative estimate of drug-likeness (QED) is 0.516. The Kier molecular flexibility index (Phi) is 6.17. The summed E-state index contributed by atoms with van der Waals surface area (Å²) in [6, 6.07) is 8.53. The van der Waals surface area contributed by atoms with Gasteiger partial charge in [0.05, 0.1) is 12.7 Å². The Hall–Kier alpha value is -1.24. The standard InChI is InChI=1S/C15H9F3I2O4/c16-15(17,18)24-12-4-2-1-3-8(12)7-23-13-10(19)5-9(14(21)22)6-11(13)20/h1-6H,7H2,(H,21,22). The number of alkyl halides is 3. The number of hydrogen-bond acceptors (Lipinski definition) is 3. The molecule has 0 atom stereocenters. The predicted octanol–water partition coefficient (Wildman–Crippen LogP) is 5.07. The van der Waals surface area contributed by atoms with Gasteiger partial charge in [-0.3, -0.25) is 0 Å². The molecule has 0 aliphatic carbocycles. The van der Waals surface area contributed by atoms with Crippen LogP contribution in [0.4, 0.5) is 13.2 Å². The number of carbonyl (C=O) groups is 1. The van der Waals surface area contributed by atoms with Crippen LogP contribution in [0, 0.1) is 7.14 Å². The fourth-order valence-electron chi connectivity index (χ4n) is 1.82. The van der Waals surface area contributed by atoms with Crippen molar-refractivity contribution in [1.82, 2.24) is 0 Å². The normalized spacial score (nSPS) is 11.2. The highest BCUT2D eigenvalue weighted by atomic mass is 127. The second kappa shape index (κ2) is 7.76. The lowest BCUT2D eigenvalue weighted by molar-refractivity contribution is -0.275.